The van der Waals surface area contributed by atoms with Gasteiger partial charge in [-0.3, -0.25) is 0 Å². The Balaban J connectivity index is 2.60. The number of rotatable bonds is 5. The maximum atomic E-state index is 12.0. The fourth-order valence-electron chi connectivity index (χ4n) is 1.92. The number of thiophene rings is 1. The van der Waals surface area contributed by atoms with Gasteiger partial charge in [-0.2, -0.15) is 0 Å². The first-order chi connectivity index (χ1) is 9.62. The Kier molecular flexibility index (Phi) is 4.54. The summed E-state index contributed by atoms with van der Waals surface area (Å²) in [5.41, 5.74) is 0.306. The maximum absolute atomic E-state index is 12.0. The molecule has 1 N–H and O–H groups in total. The summed E-state index contributed by atoms with van der Waals surface area (Å²) in [5, 5.41) is 12.0. The second kappa shape index (κ2) is 6.17. The first-order valence-corrected chi connectivity index (χ1v) is 7.58. The van der Waals surface area contributed by atoms with E-state index in [-0.39, 0.29) is 0 Å². The monoisotopic (exact) mass is 293 g/mol. The van der Waals surface area contributed by atoms with Crippen LogP contribution in [-0.4, -0.2) is 29.8 Å². The Morgan fingerprint density at radius 2 is 2.20 bits per heavy atom. The van der Waals surface area contributed by atoms with Gasteiger partial charge in [0.15, 0.2) is 11.5 Å². The smallest absolute Gasteiger partial charge is 0.360 e. The molecule has 0 fully saturated rings. The van der Waals surface area contributed by atoms with Crippen LogP contribution in [0.5, 0.6) is 0 Å². The van der Waals surface area contributed by atoms with E-state index in [4.69, 9.17) is 4.74 Å². The van der Waals surface area contributed by atoms with Crippen molar-refractivity contribution in [2.75, 3.05) is 19.0 Å². The van der Waals surface area contributed by atoms with Crippen molar-refractivity contribution >= 4 is 33.2 Å². The summed E-state index contributed by atoms with van der Waals surface area (Å²) < 4.78 is 5.90. The molecule has 2 aromatic heterocycles. The average molecular weight is 293 g/mol. The van der Waals surface area contributed by atoms with Gasteiger partial charge in [0.2, 0.25) is 0 Å². The molecule has 2 aromatic rings. The fraction of sp³-hybridized carbons (Fsp3) is 0.500. The van der Waals surface area contributed by atoms with E-state index in [9.17, 15) is 4.79 Å². The van der Waals surface area contributed by atoms with Crippen molar-refractivity contribution < 1.29 is 9.53 Å². The number of nitrogens with zero attached hydrogens (tertiary/aromatic N) is 2. The highest BCUT2D eigenvalue weighted by molar-refractivity contribution is 7.19. The highest BCUT2D eigenvalue weighted by atomic mass is 32.1. The largest absolute Gasteiger partial charge is 0.461 e. The van der Waals surface area contributed by atoms with Crippen LogP contribution in [0.25, 0.3) is 10.1 Å². The van der Waals surface area contributed by atoms with Crippen molar-refractivity contribution in [3.05, 3.63) is 16.6 Å². The Labute approximate surface area is 122 Å². The summed E-state index contributed by atoms with van der Waals surface area (Å²) >= 11 is 1.60. The van der Waals surface area contributed by atoms with E-state index in [1.165, 1.54) is 4.88 Å². The van der Waals surface area contributed by atoms with E-state index in [0.29, 0.717) is 24.0 Å². The van der Waals surface area contributed by atoms with Gasteiger partial charge >= 0.3 is 5.97 Å². The number of carbonyl (C=O) groups excluding carboxylic acids is 1. The molecule has 0 amide bonds. The third kappa shape index (κ3) is 2.60. The molecule has 0 bridgehead atoms. The van der Waals surface area contributed by atoms with Crippen molar-refractivity contribution in [2.24, 2.45) is 0 Å². The van der Waals surface area contributed by atoms with Gasteiger partial charge in [-0.25, -0.2) is 4.79 Å². The average Bonchev–Trinajstić information content (AvgIpc) is 2.90. The van der Waals surface area contributed by atoms with Crippen LogP contribution >= 0.6 is 11.3 Å². The molecule has 0 aliphatic carbocycles. The minimum atomic E-state index is -0.412. The van der Waals surface area contributed by atoms with E-state index in [1.54, 1.807) is 25.3 Å². The number of fused-ring (bicyclic) bond motifs is 1. The van der Waals surface area contributed by atoms with Gasteiger partial charge in [0.25, 0.3) is 0 Å². The van der Waals surface area contributed by atoms with Crippen molar-refractivity contribution in [1.29, 1.82) is 0 Å². The van der Waals surface area contributed by atoms with E-state index in [1.807, 2.05) is 0 Å². The molecule has 20 heavy (non-hydrogen) atoms. The molecule has 108 valence electrons. The lowest BCUT2D eigenvalue weighted by Crippen LogP contribution is -2.09. The number of hydrogen-bond donors (Lipinski definition) is 1. The van der Waals surface area contributed by atoms with Gasteiger partial charge in [-0.05, 0) is 25.3 Å². The van der Waals surface area contributed by atoms with Crippen LogP contribution in [0.15, 0.2) is 6.07 Å². The minimum absolute atomic E-state index is 0.306. The van der Waals surface area contributed by atoms with Gasteiger partial charge in [0.05, 0.1) is 11.3 Å². The number of carbonyl (C=O) groups is 1. The molecule has 6 heteroatoms. The molecule has 0 aromatic carbocycles. The fourth-order valence-corrected chi connectivity index (χ4v) is 3.19. The summed E-state index contributed by atoms with van der Waals surface area (Å²) in [7, 11) is 1.80. The second-order valence-electron chi connectivity index (χ2n) is 4.57. The molecule has 1 unspecified atom stereocenters. The number of nitrogens with one attached hydrogen (secondary N) is 1. The molecular formula is C14H19N3O2S. The lowest BCUT2D eigenvalue weighted by molar-refractivity contribution is 0.0521. The molecule has 2 heterocycles. The van der Waals surface area contributed by atoms with Crippen molar-refractivity contribution in [2.45, 2.75) is 33.1 Å². The van der Waals surface area contributed by atoms with Gasteiger partial charge < -0.3 is 10.1 Å². The highest BCUT2D eigenvalue weighted by Crippen LogP contribution is 2.36. The van der Waals surface area contributed by atoms with Gasteiger partial charge in [0.1, 0.15) is 0 Å². The van der Waals surface area contributed by atoms with E-state index < -0.39 is 5.97 Å². The molecule has 5 nitrogen and oxygen atoms in total. The quantitative estimate of drug-likeness (QED) is 0.856. The highest BCUT2D eigenvalue weighted by Gasteiger charge is 2.20. The predicted molar refractivity (Wildman–Crippen MR) is 81.6 cm³/mol. The van der Waals surface area contributed by atoms with Crippen LogP contribution in [-0.2, 0) is 4.74 Å². The van der Waals surface area contributed by atoms with Crippen LogP contribution in [0.2, 0.25) is 0 Å². The number of esters is 1. The van der Waals surface area contributed by atoms with Crippen LogP contribution in [0.1, 0.15) is 48.5 Å². The van der Waals surface area contributed by atoms with Gasteiger partial charge in [-0.15, -0.1) is 21.5 Å². The van der Waals surface area contributed by atoms with Crippen molar-refractivity contribution in [3.8, 4) is 0 Å². The standard InChI is InChI=1S/C14H19N3O2S/c1-5-8(3)10-7-9-12(20-10)11(14(18)19-6-2)16-17-13(9)15-4/h7-8H,5-6H2,1-4H3,(H,15,17). The molecule has 0 aliphatic rings. The Morgan fingerprint density at radius 1 is 1.45 bits per heavy atom. The van der Waals surface area contributed by atoms with Crippen LogP contribution in [0, 0.1) is 0 Å². The lowest BCUT2D eigenvalue weighted by atomic mass is 10.1. The number of aromatic nitrogens is 2. The van der Waals surface area contributed by atoms with Crippen molar-refractivity contribution in [3.63, 3.8) is 0 Å². The zero-order chi connectivity index (χ0) is 14.7. The Hall–Kier alpha value is -1.69. The summed E-state index contributed by atoms with van der Waals surface area (Å²) in [6, 6.07) is 2.09. The molecule has 0 saturated carbocycles. The maximum Gasteiger partial charge on any atom is 0.360 e. The van der Waals surface area contributed by atoms with Gasteiger partial charge in [0, 0.05) is 17.3 Å². The number of anilines is 1. The van der Waals surface area contributed by atoms with E-state index in [2.05, 4.69) is 35.4 Å². The zero-order valence-corrected chi connectivity index (χ0v) is 13.0. The third-order valence-electron chi connectivity index (χ3n) is 3.27. The molecule has 0 aliphatic heterocycles. The predicted octanol–water partition coefficient (Wildman–Crippen LogP) is 3.42. The molecule has 0 spiro atoms. The summed E-state index contributed by atoms with van der Waals surface area (Å²) in [4.78, 5) is 13.2. The second-order valence-corrected chi connectivity index (χ2v) is 5.65. The van der Waals surface area contributed by atoms with E-state index >= 15 is 0 Å². The van der Waals surface area contributed by atoms with Crippen LogP contribution < -0.4 is 5.32 Å². The molecule has 0 saturated heterocycles. The van der Waals surface area contributed by atoms with E-state index in [0.717, 1.165) is 16.5 Å². The third-order valence-corrected chi connectivity index (χ3v) is 4.65. The normalized spacial score (nSPS) is 12.4. The topological polar surface area (TPSA) is 64.1 Å². The first kappa shape index (κ1) is 14.7. The van der Waals surface area contributed by atoms with Crippen LogP contribution in [0.3, 0.4) is 0 Å². The summed E-state index contributed by atoms with van der Waals surface area (Å²) in [6.07, 6.45) is 1.05. The molecule has 1 atom stereocenters. The molecule has 0 radical (unpaired) electrons. The minimum Gasteiger partial charge on any atom is -0.461 e. The Bertz CT molecular complexity index is 624. The summed E-state index contributed by atoms with van der Waals surface area (Å²) in [6.45, 7) is 6.44. The first-order valence-electron chi connectivity index (χ1n) is 6.77. The van der Waals surface area contributed by atoms with Crippen molar-refractivity contribution in [1.82, 2.24) is 10.2 Å². The Morgan fingerprint density at radius 3 is 2.80 bits per heavy atom. The lowest BCUT2D eigenvalue weighted by Gasteiger charge is -2.04. The van der Waals surface area contributed by atoms with Crippen LogP contribution in [0.4, 0.5) is 5.82 Å². The zero-order valence-electron chi connectivity index (χ0n) is 12.2. The molecule has 2 rings (SSSR count). The van der Waals surface area contributed by atoms with Gasteiger partial charge in [-0.1, -0.05) is 13.8 Å². The molecular weight excluding hydrogens is 274 g/mol. The SMILES string of the molecule is CCOC(=O)c1nnc(NC)c2cc(C(C)CC)sc12. The number of ether oxygens (including phenoxy) is 1. The summed E-state index contributed by atoms with van der Waals surface area (Å²) in [5.74, 6) is 0.733. The number of hydrogen-bond acceptors (Lipinski definition) is 6.